The fraction of sp³-hybridized carbons (Fsp3) is 0.429. The Morgan fingerprint density at radius 1 is 1.41 bits per heavy atom. The van der Waals surface area contributed by atoms with Crippen molar-refractivity contribution in [2.75, 3.05) is 5.75 Å². The maximum absolute atomic E-state index is 12.0. The molecule has 1 aromatic heterocycles. The Hall–Kier alpha value is -1.60. The van der Waals surface area contributed by atoms with E-state index in [2.05, 4.69) is 20.8 Å². The lowest BCUT2D eigenvalue weighted by Gasteiger charge is -2.14. The van der Waals surface area contributed by atoms with Crippen molar-refractivity contribution in [2.45, 2.75) is 38.0 Å². The average Bonchev–Trinajstić information content (AvgIpc) is 2.93. The van der Waals surface area contributed by atoms with E-state index in [1.165, 1.54) is 11.8 Å². The van der Waals surface area contributed by atoms with Gasteiger partial charge in [0.15, 0.2) is 0 Å². The van der Waals surface area contributed by atoms with Gasteiger partial charge in [-0.3, -0.25) is 4.79 Å². The number of carbonyl (C=O) groups excluding carboxylic acids is 1. The molecule has 1 amide bonds. The Labute approximate surface area is 138 Å². The van der Waals surface area contributed by atoms with Crippen LogP contribution in [0, 0.1) is 0 Å². The second-order valence-corrected chi connectivity index (χ2v) is 6.51. The minimum Gasteiger partial charge on any atom is -0.349 e. The number of aromatic nitrogens is 4. The van der Waals surface area contributed by atoms with Gasteiger partial charge in [0.1, 0.15) is 0 Å². The van der Waals surface area contributed by atoms with E-state index < -0.39 is 0 Å². The highest BCUT2D eigenvalue weighted by atomic mass is 35.5. The molecule has 0 aliphatic rings. The number of amides is 1. The Bertz CT molecular complexity index is 646. The average molecular weight is 340 g/mol. The van der Waals surface area contributed by atoms with Gasteiger partial charge >= 0.3 is 0 Å². The third-order valence-electron chi connectivity index (χ3n) is 3.01. The molecule has 6 nitrogen and oxygen atoms in total. The minimum absolute atomic E-state index is 0.0734. The summed E-state index contributed by atoms with van der Waals surface area (Å²) < 4.78 is 1.69. The van der Waals surface area contributed by atoms with Gasteiger partial charge in [0.2, 0.25) is 11.1 Å². The largest absolute Gasteiger partial charge is 0.349 e. The van der Waals surface area contributed by atoms with Crippen molar-refractivity contribution in [1.82, 2.24) is 25.5 Å². The van der Waals surface area contributed by atoms with Crippen molar-refractivity contribution in [1.29, 1.82) is 0 Å². The zero-order chi connectivity index (χ0) is 16.1. The molecular formula is C14H18ClN5OS. The number of thioether (sulfide) groups is 1. The van der Waals surface area contributed by atoms with E-state index in [-0.39, 0.29) is 23.7 Å². The molecule has 0 fully saturated rings. The summed E-state index contributed by atoms with van der Waals surface area (Å²) in [6, 6.07) is 7.51. The predicted octanol–water partition coefficient (Wildman–Crippen LogP) is 2.88. The molecule has 2 aromatic rings. The molecular weight excluding hydrogens is 322 g/mol. The van der Waals surface area contributed by atoms with Gasteiger partial charge in [0.05, 0.1) is 17.8 Å². The van der Waals surface area contributed by atoms with Gasteiger partial charge in [-0.25, -0.2) is 4.68 Å². The molecule has 0 saturated heterocycles. The highest BCUT2D eigenvalue weighted by Gasteiger charge is 2.14. The van der Waals surface area contributed by atoms with Gasteiger partial charge in [-0.2, -0.15) is 0 Å². The van der Waals surface area contributed by atoms with Crippen LogP contribution >= 0.6 is 23.4 Å². The van der Waals surface area contributed by atoms with Crippen LogP contribution in [0.15, 0.2) is 29.4 Å². The van der Waals surface area contributed by atoms with Gasteiger partial charge < -0.3 is 5.32 Å². The minimum atomic E-state index is -0.104. The van der Waals surface area contributed by atoms with Crippen LogP contribution < -0.4 is 5.32 Å². The van der Waals surface area contributed by atoms with Crippen LogP contribution in [-0.2, 0) is 4.79 Å². The SMILES string of the molecule is CC(NC(=O)CSc1nnnn1C(C)C)c1cccc(Cl)c1. The summed E-state index contributed by atoms with van der Waals surface area (Å²) in [6.07, 6.45) is 0. The van der Waals surface area contributed by atoms with Crippen LogP contribution in [0.4, 0.5) is 0 Å². The number of benzene rings is 1. The smallest absolute Gasteiger partial charge is 0.230 e. The number of nitrogens with zero attached hydrogens (tertiary/aromatic N) is 4. The topological polar surface area (TPSA) is 72.7 Å². The van der Waals surface area contributed by atoms with Gasteiger partial charge in [-0.15, -0.1) is 5.10 Å². The highest BCUT2D eigenvalue weighted by Crippen LogP contribution is 2.19. The molecule has 22 heavy (non-hydrogen) atoms. The molecule has 2 rings (SSSR count). The van der Waals surface area contributed by atoms with E-state index in [9.17, 15) is 4.79 Å². The van der Waals surface area contributed by atoms with Crippen molar-refractivity contribution in [3.05, 3.63) is 34.9 Å². The fourth-order valence-corrected chi connectivity index (χ4v) is 2.89. The number of hydrogen-bond acceptors (Lipinski definition) is 5. The lowest BCUT2D eigenvalue weighted by molar-refractivity contribution is -0.119. The van der Waals surface area contributed by atoms with Gasteiger partial charge in [-0.05, 0) is 48.9 Å². The summed E-state index contributed by atoms with van der Waals surface area (Å²) >= 11 is 7.28. The summed E-state index contributed by atoms with van der Waals surface area (Å²) in [5.74, 6) is 0.189. The quantitative estimate of drug-likeness (QED) is 0.819. The first-order chi connectivity index (χ1) is 10.5. The van der Waals surface area contributed by atoms with Crippen molar-refractivity contribution >= 4 is 29.3 Å². The first kappa shape index (κ1) is 16.8. The lowest BCUT2D eigenvalue weighted by atomic mass is 10.1. The molecule has 1 aromatic carbocycles. The van der Waals surface area contributed by atoms with Gasteiger partial charge in [-0.1, -0.05) is 35.5 Å². The normalized spacial score (nSPS) is 12.4. The van der Waals surface area contributed by atoms with Gasteiger partial charge in [0.25, 0.3) is 0 Å². The molecule has 0 saturated carbocycles. The molecule has 0 aliphatic carbocycles. The number of nitrogens with one attached hydrogen (secondary N) is 1. The van der Waals surface area contributed by atoms with Crippen molar-refractivity contribution in [2.24, 2.45) is 0 Å². The summed E-state index contributed by atoms with van der Waals surface area (Å²) in [5.41, 5.74) is 0.970. The van der Waals surface area contributed by atoms with Crippen molar-refractivity contribution in [3.63, 3.8) is 0 Å². The predicted molar refractivity (Wildman–Crippen MR) is 86.9 cm³/mol. The third kappa shape index (κ3) is 4.45. The molecule has 1 heterocycles. The Morgan fingerprint density at radius 2 is 2.18 bits per heavy atom. The van der Waals surface area contributed by atoms with E-state index in [1.807, 2.05) is 39.0 Å². The van der Waals surface area contributed by atoms with Crippen molar-refractivity contribution < 1.29 is 4.79 Å². The molecule has 0 spiro atoms. The zero-order valence-electron chi connectivity index (χ0n) is 12.7. The Balaban J connectivity index is 1.89. The number of rotatable bonds is 6. The third-order valence-corrected chi connectivity index (χ3v) is 4.18. The summed E-state index contributed by atoms with van der Waals surface area (Å²) in [6.45, 7) is 5.90. The van der Waals surface area contributed by atoms with Crippen LogP contribution in [0.1, 0.15) is 38.4 Å². The maximum Gasteiger partial charge on any atom is 0.230 e. The fourth-order valence-electron chi connectivity index (χ4n) is 1.88. The second kappa shape index (κ2) is 7.60. The number of carbonyl (C=O) groups is 1. The van der Waals surface area contributed by atoms with Crippen molar-refractivity contribution in [3.8, 4) is 0 Å². The number of hydrogen-bond donors (Lipinski definition) is 1. The monoisotopic (exact) mass is 339 g/mol. The molecule has 8 heteroatoms. The van der Waals surface area contributed by atoms with Crippen LogP contribution in [0.2, 0.25) is 5.02 Å². The zero-order valence-corrected chi connectivity index (χ0v) is 14.2. The van der Waals surface area contributed by atoms with E-state index >= 15 is 0 Å². The van der Waals surface area contributed by atoms with E-state index in [0.717, 1.165) is 5.56 Å². The van der Waals surface area contributed by atoms with E-state index in [1.54, 1.807) is 10.7 Å². The molecule has 0 aliphatic heterocycles. The molecule has 1 unspecified atom stereocenters. The first-order valence-corrected chi connectivity index (χ1v) is 8.29. The van der Waals surface area contributed by atoms with E-state index in [4.69, 9.17) is 11.6 Å². The highest BCUT2D eigenvalue weighted by molar-refractivity contribution is 7.99. The Kier molecular flexibility index (Phi) is 5.79. The molecule has 1 N–H and O–H groups in total. The van der Waals surface area contributed by atoms with Crippen LogP contribution in [0.5, 0.6) is 0 Å². The molecule has 0 bridgehead atoms. The summed E-state index contributed by atoms with van der Waals surface area (Å²) in [5, 5.41) is 15.7. The molecule has 118 valence electrons. The summed E-state index contributed by atoms with van der Waals surface area (Å²) in [7, 11) is 0. The van der Waals surface area contributed by atoms with Crippen LogP contribution in [0.25, 0.3) is 0 Å². The van der Waals surface area contributed by atoms with E-state index in [0.29, 0.717) is 10.2 Å². The van der Waals surface area contributed by atoms with Crippen LogP contribution in [-0.4, -0.2) is 31.9 Å². The molecule has 1 atom stereocenters. The number of tetrazole rings is 1. The maximum atomic E-state index is 12.0. The standard InChI is InChI=1S/C14H18ClN5OS/c1-9(2)20-14(17-18-19-20)22-8-13(21)16-10(3)11-5-4-6-12(15)7-11/h4-7,9-10H,8H2,1-3H3,(H,16,21). The summed E-state index contributed by atoms with van der Waals surface area (Å²) in [4.78, 5) is 12.0. The first-order valence-electron chi connectivity index (χ1n) is 6.93. The Morgan fingerprint density at radius 3 is 2.86 bits per heavy atom. The van der Waals surface area contributed by atoms with Crippen LogP contribution in [0.3, 0.4) is 0 Å². The lowest BCUT2D eigenvalue weighted by Crippen LogP contribution is -2.28. The molecule has 0 radical (unpaired) electrons. The second-order valence-electron chi connectivity index (χ2n) is 5.13. The number of halogens is 1. The van der Waals surface area contributed by atoms with Gasteiger partial charge in [0, 0.05) is 5.02 Å².